The van der Waals surface area contributed by atoms with Crippen molar-refractivity contribution in [1.29, 1.82) is 0 Å². The van der Waals surface area contributed by atoms with E-state index in [2.05, 4.69) is 10.5 Å². The van der Waals surface area contributed by atoms with Crippen LogP contribution < -0.4 is 11.1 Å². The van der Waals surface area contributed by atoms with Crippen LogP contribution in [0.2, 0.25) is 0 Å². The molecule has 0 fully saturated rings. The Balaban J connectivity index is 2.59. The minimum atomic E-state index is -1.04. The zero-order chi connectivity index (χ0) is 15.2. The maximum Gasteiger partial charge on any atom is 0.233 e. The summed E-state index contributed by atoms with van der Waals surface area (Å²) in [4.78, 5) is 12.1. The van der Waals surface area contributed by atoms with Gasteiger partial charge in [-0.2, -0.15) is 0 Å². The monoisotopic (exact) mass is 281 g/mol. The average Bonchev–Trinajstić information content (AvgIpc) is 2.45. The van der Waals surface area contributed by atoms with E-state index >= 15 is 0 Å². The van der Waals surface area contributed by atoms with Crippen LogP contribution >= 0.6 is 0 Å². The Bertz CT molecular complexity index is 505. The maximum absolute atomic E-state index is 13.0. The number of hydrogen-bond acceptors (Lipinski definition) is 3. The van der Waals surface area contributed by atoms with Gasteiger partial charge in [0, 0.05) is 6.54 Å². The predicted octanol–water partition coefficient (Wildman–Crippen LogP) is 1.65. The van der Waals surface area contributed by atoms with Crippen LogP contribution in [-0.2, 0) is 11.2 Å². The fourth-order valence-electron chi connectivity index (χ4n) is 1.78. The van der Waals surface area contributed by atoms with Gasteiger partial charge in [0.05, 0.1) is 0 Å². The second-order valence-corrected chi connectivity index (χ2v) is 4.81. The number of halogens is 1. The Morgan fingerprint density at radius 1 is 1.55 bits per heavy atom. The number of carbonyl (C=O) groups is 1. The third-order valence-electron chi connectivity index (χ3n) is 3.47. The first-order chi connectivity index (χ1) is 9.43. The number of oxime groups is 1. The summed E-state index contributed by atoms with van der Waals surface area (Å²) >= 11 is 0. The van der Waals surface area contributed by atoms with Crippen LogP contribution in [-0.4, -0.2) is 23.5 Å². The highest BCUT2D eigenvalue weighted by molar-refractivity contribution is 6.06. The molecule has 4 N–H and O–H groups in total. The molecule has 0 heterocycles. The van der Waals surface area contributed by atoms with E-state index in [4.69, 9.17) is 10.9 Å². The standard InChI is InChI=1S/C14H20FN3O2/c1-3-14(2,12(16)18-20)13(19)17-8-7-10-5-4-6-11(15)9-10/h4-6,9,20H,3,7-8H2,1-2H3,(H2,16,18)(H,17,19). The third-order valence-corrected chi connectivity index (χ3v) is 3.47. The van der Waals surface area contributed by atoms with E-state index in [0.717, 1.165) is 5.56 Å². The maximum atomic E-state index is 13.0. The minimum absolute atomic E-state index is 0.122. The van der Waals surface area contributed by atoms with E-state index < -0.39 is 5.41 Å². The first-order valence-corrected chi connectivity index (χ1v) is 6.44. The van der Waals surface area contributed by atoms with Crippen molar-refractivity contribution < 1.29 is 14.4 Å². The lowest BCUT2D eigenvalue weighted by atomic mass is 9.85. The number of nitrogens with two attached hydrogens (primary N) is 1. The molecule has 1 aromatic carbocycles. The number of amides is 1. The lowest BCUT2D eigenvalue weighted by Crippen LogP contribution is -2.48. The zero-order valence-corrected chi connectivity index (χ0v) is 11.7. The van der Waals surface area contributed by atoms with Crippen molar-refractivity contribution >= 4 is 11.7 Å². The van der Waals surface area contributed by atoms with Crippen molar-refractivity contribution in [2.24, 2.45) is 16.3 Å². The molecule has 5 nitrogen and oxygen atoms in total. The van der Waals surface area contributed by atoms with Crippen molar-refractivity contribution in [2.75, 3.05) is 6.54 Å². The van der Waals surface area contributed by atoms with Gasteiger partial charge in [-0.1, -0.05) is 24.2 Å². The van der Waals surface area contributed by atoms with E-state index in [1.54, 1.807) is 26.0 Å². The number of benzene rings is 1. The molecule has 20 heavy (non-hydrogen) atoms. The second-order valence-electron chi connectivity index (χ2n) is 4.81. The topological polar surface area (TPSA) is 87.7 Å². The molecule has 6 heteroatoms. The summed E-state index contributed by atoms with van der Waals surface area (Å²) in [6.45, 7) is 3.75. The molecule has 1 atom stereocenters. The van der Waals surface area contributed by atoms with Crippen molar-refractivity contribution in [3.8, 4) is 0 Å². The van der Waals surface area contributed by atoms with E-state index in [1.165, 1.54) is 12.1 Å². The molecule has 1 aromatic rings. The van der Waals surface area contributed by atoms with Gasteiger partial charge in [0.1, 0.15) is 11.2 Å². The number of nitrogens with one attached hydrogen (secondary N) is 1. The Morgan fingerprint density at radius 2 is 2.25 bits per heavy atom. The Morgan fingerprint density at radius 3 is 2.80 bits per heavy atom. The molecule has 0 aliphatic rings. The molecule has 0 aromatic heterocycles. The summed E-state index contributed by atoms with van der Waals surface area (Å²) < 4.78 is 13.0. The van der Waals surface area contributed by atoms with Gasteiger partial charge in [-0.05, 0) is 37.5 Å². The first-order valence-electron chi connectivity index (χ1n) is 6.44. The smallest absolute Gasteiger partial charge is 0.233 e. The highest BCUT2D eigenvalue weighted by atomic mass is 19.1. The largest absolute Gasteiger partial charge is 0.409 e. The summed E-state index contributed by atoms with van der Waals surface area (Å²) in [6, 6.07) is 6.21. The molecule has 0 aliphatic heterocycles. The van der Waals surface area contributed by atoms with Crippen molar-refractivity contribution in [1.82, 2.24) is 5.32 Å². The molecule has 0 saturated carbocycles. The zero-order valence-electron chi connectivity index (χ0n) is 11.7. The van der Waals surface area contributed by atoms with Crippen LogP contribution in [0.5, 0.6) is 0 Å². The van der Waals surface area contributed by atoms with Crippen molar-refractivity contribution in [3.63, 3.8) is 0 Å². The average molecular weight is 281 g/mol. The molecule has 0 radical (unpaired) electrons. The summed E-state index contributed by atoms with van der Waals surface area (Å²) in [5.74, 6) is -0.737. The first kappa shape index (κ1) is 15.9. The molecular weight excluding hydrogens is 261 g/mol. The number of rotatable bonds is 6. The van der Waals surface area contributed by atoms with Gasteiger partial charge in [0.2, 0.25) is 5.91 Å². The summed E-state index contributed by atoms with van der Waals surface area (Å²) in [5, 5.41) is 14.4. The van der Waals surface area contributed by atoms with Gasteiger partial charge in [-0.25, -0.2) is 4.39 Å². The van der Waals surface area contributed by atoms with Crippen LogP contribution in [0.25, 0.3) is 0 Å². The Hall–Kier alpha value is -2.11. The molecule has 0 bridgehead atoms. The van der Waals surface area contributed by atoms with Gasteiger partial charge in [0.25, 0.3) is 0 Å². The molecule has 0 saturated heterocycles. The normalized spacial score (nSPS) is 14.7. The lowest BCUT2D eigenvalue weighted by Gasteiger charge is -2.25. The fraction of sp³-hybridized carbons (Fsp3) is 0.429. The predicted molar refractivity (Wildman–Crippen MR) is 74.9 cm³/mol. The highest BCUT2D eigenvalue weighted by Gasteiger charge is 2.35. The van der Waals surface area contributed by atoms with Crippen LogP contribution in [0.3, 0.4) is 0 Å². The van der Waals surface area contributed by atoms with Gasteiger partial charge in [0.15, 0.2) is 5.84 Å². The van der Waals surface area contributed by atoms with Gasteiger partial charge < -0.3 is 16.3 Å². The van der Waals surface area contributed by atoms with E-state index in [1.807, 2.05) is 0 Å². The third kappa shape index (κ3) is 3.69. The van der Waals surface area contributed by atoms with Gasteiger partial charge in [-0.15, -0.1) is 0 Å². The Kier molecular flexibility index (Phi) is 5.49. The van der Waals surface area contributed by atoms with E-state index in [0.29, 0.717) is 19.4 Å². The van der Waals surface area contributed by atoms with E-state index in [9.17, 15) is 9.18 Å². The second kappa shape index (κ2) is 6.88. The van der Waals surface area contributed by atoms with Crippen LogP contribution in [0, 0.1) is 11.2 Å². The van der Waals surface area contributed by atoms with Crippen molar-refractivity contribution in [3.05, 3.63) is 35.6 Å². The minimum Gasteiger partial charge on any atom is -0.409 e. The summed E-state index contributed by atoms with van der Waals surface area (Å²) in [5.41, 5.74) is 5.31. The summed E-state index contributed by atoms with van der Waals surface area (Å²) in [6.07, 6.45) is 0.925. The van der Waals surface area contributed by atoms with Crippen LogP contribution in [0.1, 0.15) is 25.8 Å². The van der Waals surface area contributed by atoms with Crippen molar-refractivity contribution in [2.45, 2.75) is 26.7 Å². The van der Waals surface area contributed by atoms with E-state index in [-0.39, 0.29) is 17.6 Å². The summed E-state index contributed by atoms with van der Waals surface area (Å²) in [7, 11) is 0. The quantitative estimate of drug-likeness (QED) is 0.320. The molecule has 0 aliphatic carbocycles. The van der Waals surface area contributed by atoms with Crippen LogP contribution in [0.4, 0.5) is 4.39 Å². The number of hydrogen-bond donors (Lipinski definition) is 3. The molecule has 1 rings (SSSR count). The lowest BCUT2D eigenvalue weighted by molar-refractivity contribution is -0.127. The molecular formula is C14H20FN3O2. The number of carbonyl (C=O) groups excluding carboxylic acids is 1. The Labute approximate surface area is 117 Å². The molecule has 0 spiro atoms. The van der Waals surface area contributed by atoms with Crippen LogP contribution in [0.15, 0.2) is 29.4 Å². The molecule has 1 unspecified atom stereocenters. The van der Waals surface area contributed by atoms with Gasteiger partial charge in [-0.3, -0.25) is 4.79 Å². The fourth-order valence-corrected chi connectivity index (χ4v) is 1.78. The van der Waals surface area contributed by atoms with Gasteiger partial charge >= 0.3 is 0 Å². The SMILES string of the molecule is CCC(C)(C(=O)NCCc1cccc(F)c1)/C(N)=N/O. The number of nitrogens with zero attached hydrogens (tertiary/aromatic N) is 1. The highest BCUT2D eigenvalue weighted by Crippen LogP contribution is 2.21. The number of amidine groups is 1. The molecule has 1 amide bonds. The molecule has 110 valence electrons.